The van der Waals surface area contributed by atoms with Crippen LogP contribution in [0.2, 0.25) is 10.0 Å². The lowest BCUT2D eigenvalue weighted by Crippen LogP contribution is -2.31. The van der Waals surface area contributed by atoms with Gasteiger partial charge in [0.2, 0.25) is 0 Å². The minimum atomic E-state index is -0.151. The van der Waals surface area contributed by atoms with E-state index in [1.165, 1.54) is 6.20 Å². The van der Waals surface area contributed by atoms with Gasteiger partial charge in [-0.15, -0.1) is 0 Å². The maximum absolute atomic E-state index is 12.0. The number of aromatic nitrogens is 1. The molecule has 1 amide bonds. The molecule has 0 unspecified atom stereocenters. The number of nitrogens with zero attached hydrogens (tertiary/aromatic N) is 2. The first-order chi connectivity index (χ1) is 11.0. The summed E-state index contributed by atoms with van der Waals surface area (Å²) in [6, 6.07) is 8.65. The Bertz CT molecular complexity index is 654. The molecule has 23 heavy (non-hydrogen) atoms. The number of pyridine rings is 1. The van der Waals surface area contributed by atoms with Crippen molar-refractivity contribution < 1.29 is 4.79 Å². The number of hydrogen-bond donors (Lipinski definition) is 2. The first-order valence-electron chi connectivity index (χ1n) is 7.07. The fraction of sp³-hybridized carbons (Fsp3) is 0.250. The minimum absolute atomic E-state index is 0.151. The fourth-order valence-corrected chi connectivity index (χ4v) is 2.33. The van der Waals surface area contributed by atoms with E-state index in [1.54, 1.807) is 30.3 Å². The van der Waals surface area contributed by atoms with E-state index < -0.39 is 0 Å². The van der Waals surface area contributed by atoms with E-state index in [9.17, 15) is 4.79 Å². The quantitative estimate of drug-likeness (QED) is 0.836. The van der Waals surface area contributed by atoms with E-state index in [4.69, 9.17) is 23.2 Å². The molecule has 0 spiro atoms. The highest BCUT2D eigenvalue weighted by atomic mass is 35.5. The molecule has 0 saturated heterocycles. The molecule has 1 aromatic carbocycles. The largest absolute Gasteiger partial charge is 0.351 e. The smallest absolute Gasteiger partial charge is 0.252 e. The van der Waals surface area contributed by atoms with Crippen LogP contribution in [0.15, 0.2) is 36.5 Å². The van der Waals surface area contributed by atoms with Crippen LogP contribution in [0.3, 0.4) is 0 Å². The third kappa shape index (κ3) is 5.10. The molecule has 1 heterocycles. The summed E-state index contributed by atoms with van der Waals surface area (Å²) in [5.74, 6) is 0.409. The van der Waals surface area contributed by atoms with Crippen LogP contribution >= 0.6 is 23.2 Å². The minimum Gasteiger partial charge on any atom is -0.351 e. The summed E-state index contributed by atoms with van der Waals surface area (Å²) in [7, 11) is 3.90. The Hall–Kier alpha value is -1.82. The molecule has 0 saturated carbocycles. The first kappa shape index (κ1) is 17.5. The molecule has 0 aliphatic carbocycles. The lowest BCUT2D eigenvalue weighted by atomic mass is 10.2. The van der Waals surface area contributed by atoms with Crippen molar-refractivity contribution in [2.24, 2.45) is 0 Å². The Morgan fingerprint density at radius 1 is 1.17 bits per heavy atom. The van der Waals surface area contributed by atoms with Crippen molar-refractivity contribution in [2.75, 3.05) is 32.5 Å². The monoisotopic (exact) mass is 352 g/mol. The Morgan fingerprint density at radius 2 is 1.87 bits per heavy atom. The molecule has 2 rings (SSSR count). The summed E-state index contributed by atoms with van der Waals surface area (Å²) in [6.45, 7) is 1.37. The van der Waals surface area contributed by atoms with Crippen LogP contribution in [0.1, 0.15) is 10.4 Å². The van der Waals surface area contributed by atoms with Gasteiger partial charge in [0.15, 0.2) is 0 Å². The predicted molar refractivity (Wildman–Crippen MR) is 94.9 cm³/mol. The maximum atomic E-state index is 12.0. The number of carbonyl (C=O) groups excluding carboxylic acids is 1. The summed E-state index contributed by atoms with van der Waals surface area (Å²) in [4.78, 5) is 18.2. The second-order valence-corrected chi connectivity index (χ2v) is 6.03. The Balaban J connectivity index is 2.01. The molecule has 0 radical (unpaired) electrons. The third-order valence-electron chi connectivity index (χ3n) is 3.09. The second kappa shape index (κ2) is 8.15. The van der Waals surface area contributed by atoms with Crippen molar-refractivity contribution in [3.63, 3.8) is 0 Å². The SMILES string of the molecule is CN(C)CCNC(=O)c1ccc(Nc2c(Cl)cccc2Cl)nc1. The molecule has 2 aromatic rings. The summed E-state index contributed by atoms with van der Waals surface area (Å²) in [5.41, 5.74) is 1.09. The summed E-state index contributed by atoms with van der Waals surface area (Å²) >= 11 is 12.2. The molecule has 122 valence electrons. The average Bonchev–Trinajstić information content (AvgIpc) is 2.51. The van der Waals surface area contributed by atoms with Crippen LogP contribution in [0.25, 0.3) is 0 Å². The van der Waals surface area contributed by atoms with Crippen LogP contribution in [0, 0.1) is 0 Å². The number of para-hydroxylation sites is 1. The Labute approximate surface area is 145 Å². The van der Waals surface area contributed by atoms with E-state index in [0.29, 0.717) is 33.7 Å². The molecule has 0 aliphatic heterocycles. The molecule has 1 aromatic heterocycles. The van der Waals surface area contributed by atoms with Gasteiger partial charge >= 0.3 is 0 Å². The van der Waals surface area contributed by atoms with Crippen molar-refractivity contribution >= 4 is 40.6 Å². The Morgan fingerprint density at radius 3 is 2.43 bits per heavy atom. The van der Waals surface area contributed by atoms with E-state index in [2.05, 4.69) is 15.6 Å². The average molecular weight is 353 g/mol. The molecule has 0 aliphatic rings. The number of amides is 1. The number of benzene rings is 1. The van der Waals surface area contributed by atoms with E-state index >= 15 is 0 Å². The predicted octanol–water partition coefficient (Wildman–Crippen LogP) is 3.42. The third-order valence-corrected chi connectivity index (χ3v) is 3.72. The van der Waals surface area contributed by atoms with Gasteiger partial charge < -0.3 is 15.5 Å². The van der Waals surface area contributed by atoms with Gasteiger partial charge in [-0.1, -0.05) is 29.3 Å². The van der Waals surface area contributed by atoms with Gasteiger partial charge in [0, 0.05) is 19.3 Å². The molecule has 2 N–H and O–H groups in total. The van der Waals surface area contributed by atoms with Crippen LogP contribution in [0.4, 0.5) is 11.5 Å². The number of anilines is 2. The van der Waals surface area contributed by atoms with E-state index in [0.717, 1.165) is 6.54 Å². The van der Waals surface area contributed by atoms with Crippen molar-refractivity contribution in [3.8, 4) is 0 Å². The number of rotatable bonds is 6. The van der Waals surface area contributed by atoms with Gasteiger partial charge in [-0.25, -0.2) is 4.98 Å². The van der Waals surface area contributed by atoms with Crippen molar-refractivity contribution in [1.82, 2.24) is 15.2 Å². The first-order valence-corrected chi connectivity index (χ1v) is 7.83. The van der Waals surface area contributed by atoms with Crippen molar-refractivity contribution in [2.45, 2.75) is 0 Å². The van der Waals surface area contributed by atoms with Crippen LogP contribution < -0.4 is 10.6 Å². The van der Waals surface area contributed by atoms with Crippen LogP contribution in [-0.2, 0) is 0 Å². The molecule has 0 fully saturated rings. The van der Waals surface area contributed by atoms with Crippen molar-refractivity contribution in [3.05, 3.63) is 52.1 Å². The molecule has 0 atom stereocenters. The van der Waals surface area contributed by atoms with Gasteiger partial charge in [-0.05, 0) is 38.4 Å². The molecular formula is C16H18Cl2N4O. The zero-order valence-corrected chi connectivity index (χ0v) is 14.4. The Kier molecular flexibility index (Phi) is 6.21. The summed E-state index contributed by atoms with van der Waals surface area (Å²) in [5, 5.41) is 6.89. The maximum Gasteiger partial charge on any atom is 0.252 e. The number of carbonyl (C=O) groups is 1. The molecular weight excluding hydrogens is 335 g/mol. The highest BCUT2D eigenvalue weighted by Gasteiger charge is 2.08. The standard InChI is InChI=1S/C16H18Cl2N4O/c1-22(2)9-8-19-16(23)11-6-7-14(20-10-11)21-15-12(17)4-3-5-13(15)18/h3-7,10H,8-9H2,1-2H3,(H,19,23)(H,20,21). The van der Waals surface area contributed by atoms with E-state index in [-0.39, 0.29) is 5.91 Å². The normalized spacial score (nSPS) is 10.7. The lowest BCUT2D eigenvalue weighted by molar-refractivity contribution is 0.0950. The highest BCUT2D eigenvalue weighted by molar-refractivity contribution is 6.39. The van der Waals surface area contributed by atoms with Gasteiger partial charge in [0.25, 0.3) is 5.91 Å². The number of halogens is 2. The molecule has 0 bridgehead atoms. The van der Waals surface area contributed by atoms with Gasteiger partial charge in [0.05, 0.1) is 21.3 Å². The number of likely N-dealkylation sites (N-methyl/N-ethyl adjacent to an activating group) is 1. The fourth-order valence-electron chi connectivity index (χ4n) is 1.84. The van der Waals surface area contributed by atoms with Gasteiger partial charge in [-0.2, -0.15) is 0 Å². The number of hydrogen-bond acceptors (Lipinski definition) is 4. The van der Waals surface area contributed by atoms with Gasteiger partial charge in [0.1, 0.15) is 5.82 Å². The molecule has 5 nitrogen and oxygen atoms in total. The molecule has 7 heteroatoms. The highest BCUT2D eigenvalue weighted by Crippen LogP contribution is 2.31. The van der Waals surface area contributed by atoms with Gasteiger partial charge in [-0.3, -0.25) is 4.79 Å². The lowest BCUT2D eigenvalue weighted by Gasteiger charge is -2.11. The second-order valence-electron chi connectivity index (χ2n) is 5.21. The zero-order chi connectivity index (χ0) is 16.8. The van der Waals surface area contributed by atoms with Crippen LogP contribution in [0.5, 0.6) is 0 Å². The number of nitrogens with one attached hydrogen (secondary N) is 2. The van der Waals surface area contributed by atoms with Crippen LogP contribution in [-0.4, -0.2) is 43.0 Å². The topological polar surface area (TPSA) is 57.3 Å². The zero-order valence-electron chi connectivity index (χ0n) is 12.9. The van der Waals surface area contributed by atoms with E-state index in [1.807, 2.05) is 19.0 Å². The van der Waals surface area contributed by atoms with Crippen molar-refractivity contribution in [1.29, 1.82) is 0 Å². The summed E-state index contributed by atoms with van der Waals surface area (Å²) < 4.78 is 0. The summed E-state index contributed by atoms with van der Waals surface area (Å²) in [6.07, 6.45) is 1.51.